The Morgan fingerprint density at radius 2 is 1.14 bits per heavy atom. The minimum atomic E-state index is -0.685. The maximum Gasteiger partial charge on any atom is 0.407 e. The zero-order valence-corrected chi connectivity index (χ0v) is 24.5. The molecule has 0 bridgehead atoms. The van der Waals surface area contributed by atoms with Crippen LogP contribution in [0, 0.1) is 20.2 Å². The second kappa shape index (κ2) is 23.5. The van der Waals surface area contributed by atoms with Crippen molar-refractivity contribution in [3.8, 4) is 0 Å². The number of rotatable bonds is 26. The molecule has 0 radical (unpaired) electrons. The summed E-state index contributed by atoms with van der Waals surface area (Å²) >= 11 is 0. The molecule has 0 saturated carbocycles. The maximum absolute atomic E-state index is 11.6. The third-order valence-corrected chi connectivity index (χ3v) is 5.54. The van der Waals surface area contributed by atoms with Gasteiger partial charge in [-0.25, -0.2) is 4.79 Å². The smallest absolute Gasteiger partial charge is 0.407 e. The lowest BCUT2D eigenvalue weighted by Gasteiger charge is -2.09. The van der Waals surface area contributed by atoms with Crippen molar-refractivity contribution in [2.75, 3.05) is 97.7 Å². The van der Waals surface area contributed by atoms with E-state index in [9.17, 15) is 25.0 Å². The number of carbonyl (C=O) groups is 1. The highest BCUT2D eigenvalue weighted by molar-refractivity contribution is 5.67. The Morgan fingerprint density at radius 1 is 0.636 bits per heavy atom. The molecule has 16 nitrogen and oxygen atoms in total. The van der Waals surface area contributed by atoms with Gasteiger partial charge in [0.1, 0.15) is 12.3 Å². The van der Waals surface area contributed by atoms with Crippen LogP contribution in [0.2, 0.25) is 0 Å². The average Bonchev–Trinajstić information content (AvgIpc) is 3.02. The number of amides is 1. The van der Waals surface area contributed by atoms with Gasteiger partial charge in [-0.05, 0) is 11.6 Å². The second-order valence-electron chi connectivity index (χ2n) is 8.81. The molecule has 0 aliphatic rings. The molecule has 0 atom stereocenters. The van der Waals surface area contributed by atoms with E-state index in [2.05, 4.69) is 10.6 Å². The van der Waals surface area contributed by atoms with Crippen LogP contribution in [0.5, 0.6) is 0 Å². The lowest BCUT2D eigenvalue weighted by Crippen LogP contribution is -2.28. The lowest BCUT2D eigenvalue weighted by atomic mass is 10.2. The van der Waals surface area contributed by atoms with Gasteiger partial charge in [0.15, 0.2) is 0 Å². The summed E-state index contributed by atoms with van der Waals surface area (Å²) in [5, 5.41) is 27.4. The van der Waals surface area contributed by atoms with Crippen LogP contribution in [-0.2, 0) is 39.8 Å². The van der Waals surface area contributed by atoms with Gasteiger partial charge >= 0.3 is 6.09 Å². The number of alkyl carbamates (subject to hydrolysis) is 1. The number of nitrogens with one attached hydrogen (secondary N) is 2. The van der Waals surface area contributed by atoms with E-state index in [1.165, 1.54) is 12.1 Å². The average molecular weight is 625 g/mol. The summed E-state index contributed by atoms with van der Waals surface area (Å²) in [6.07, 6.45) is -0.490. The summed E-state index contributed by atoms with van der Waals surface area (Å²) in [5.41, 5.74) is 0.384. The van der Waals surface area contributed by atoms with Crippen LogP contribution in [0.15, 0.2) is 48.5 Å². The highest BCUT2D eigenvalue weighted by atomic mass is 16.6. The summed E-state index contributed by atoms with van der Waals surface area (Å²) in [6, 6.07) is 12.8. The molecular weight excluding hydrogens is 584 g/mol. The van der Waals surface area contributed by atoms with Gasteiger partial charge in [0.2, 0.25) is 0 Å². The molecule has 0 spiro atoms. The van der Waals surface area contributed by atoms with Crippen LogP contribution in [0.25, 0.3) is 0 Å². The molecule has 0 unspecified atom stereocenters. The molecule has 2 N–H and O–H groups in total. The van der Waals surface area contributed by atoms with Gasteiger partial charge in [-0.1, -0.05) is 30.3 Å². The maximum atomic E-state index is 11.6. The van der Waals surface area contributed by atoms with Crippen LogP contribution < -0.4 is 10.6 Å². The normalized spacial score (nSPS) is 10.8. The van der Waals surface area contributed by atoms with E-state index < -0.39 is 15.9 Å². The van der Waals surface area contributed by atoms with Gasteiger partial charge in [0.05, 0.1) is 95.2 Å². The third-order valence-electron chi connectivity index (χ3n) is 5.54. The molecule has 16 heteroatoms. The zero-order valence-electron chi connectivity index (χ0n) is 24.5. The van der Waals surface area contributed by atoms with Crippen molar-refractivity contribution in [3.63, 3.8) is 0 Å². The van der Waals surface area contributed by atoms with Crippen LogP contribution in [0.4, 0.5) is 21.9 Å². The van der Waals surface area contributed by atoms with E-state index in [1.54, 1.807) is 0 Å². The molecule has 44 heavy (non-hydrogen) atoms. The highest BCUT2D eigenvalue weighted by Crippen LogP contribution is 2.28. The van der Waals surface area contributed by atoms with Crippen molar-refractivity contribution >= 4 is 23.2 Å². The zero-order chi connectivity index (χ0) is 31.7. The largest absolute Gasteiger partial charge is 0.445 e. The van der Waals surface area contributed by atoms with E-state index >= 15 is 0 Å². The minimum absolute atomic E-state index is 0.181. The Labute approximate surface area is 255 Å². The number of nitro benzene ring substituents is 2. The number of nitro groups is 2. The number of hydrogen-bond donors (Lipinski definition) is 2. The molecule has 1 amide bonds. The summed E-state index contributed by atoms with van der Waals surface area (Å²) in [5.74, 6) is 0. The first kappa shape index (κ1) is 36.3. The molecule has 0 heterocycles. The van der Waals surface area contributed by atoms with E-state index in [4.69, 9.17) is 33.2 Å². The standard InChI is InChI=1S/C28H40N4O12/c33-28(44-23-24-4-2-1-3-5-24)30-9-11-39-13-15-41-17-19-43-21-20-42-18-16-40-14-12-38-10-8-29-26-7-6-25(31(34)35)22-27(26)32(36)37/h1-7,22,29H,8-21,23H2,(H,30,33). The molecule has 2 aromatic rings. The number of ether oxygens (including phenoxy) is 7. The van der Waals surface area contributed by atoms with Gasteiger partial charge < -0.3 is 43.8 Å². The van der Waals surface area contributed by atoms with Crippen molar-refractivity contribution in [2.45, 2.75) is 6.61 Å². The molecule has 0 saturated heterocycles. The number of carbonyl (C=O) groups excluding carboxylic acids is 1. The van der Waals surface area contributed by atoms with Crippen LogP contribution in [-0.4, -0.2) is 108 Å². The topological polar surface area (TPSA) is 192 Å². The second-order valence-corrected chi connectivity index (χ2v) is 8.81. The number of nitrogens with zero attached hydrogens (tertiary/aromatic N) is 2. The van der Waals surface area contributed by atoms with Crippen LogP contribution in [0.3, 0.4) is 0 Å². The van der Waals surface area contributed by atoms with E-state index in [0.717, 1.165) is 11.6 Å². The lowest BCUT2D eigenvalue weighted by molar-refractivity contribution is -0.393. The van der Waals surface area contributed by atoms with Crippen molar-refractivity contribution in [1.82, 2.24) is 5.32 Å². The summed E-state index contributed by atoms with van der Waals surface area (Å²) < 4.78 is 37.6. The molecule has 0 aliphatic heterocycles. The van der Waals surface area contributed by atoms with Gasteiger partial charge in [0.25, 0.3) is 11.4 Å². The van der Waals surface area contributed by atoms with Crippen molar-refractivity contribution in [2.24, 2.45) is 0 Å². The molecule has 2 aromatic carbocycles. The monoisotopic (exact) mass is 624 g/mol. The van der Waals surface area contributed by atoms with Crippen LogP contribution in [0.1, 0.15) is 5.56 Å². The molecule has 244 valence electrons. The Bertz CT molecular complexity index is 1090. The first-order chi connectivity index (χ1) is 21.5. The van der Waals surface area contributed by atoms with E-state index in [1.807, 2.05) is 30.3 Å². The number of hydrogen-bond acceptors (Lipinski definition) is 13. The summed E-state index contributed by atoms with van der Waals surface area (Å²) in [6.45, 7) is 5.48. The SMILES string of the molecule is O=C(NCCOCCOCCOCCOCCOCCOCCNc1ccc([N+](=O)[O-])cc1[N+](=O)[O-])OCc1ccccc1. The van der Waals surface area contributed by atoms with Crippen molar-refractivity contribution in [1.29, 1.82) is 0 Å². The predicted molar refractivity (Wildman–Crippen MR) is 158 cm³/mol. The first-order valence-electron chi connectivity index (χ1n) is 14.0. The molecule has 2 rings (SSSR count). The van der Waals surface area contributed by atoms with Gasteiger partial charge in [-0.3, -0.25) is 20.2 Å². The van der Waals surface area contributed by atoms with E-state index in [0.29, 0.717) is 79.2 Å². The minimum Gasteiger partial charge on any atom is -0.445 e. The molecule has 0 aliphatic carbocycles. The summed E-state index contributed by atoms with van der Waals surface area (Å²) in [7, 11) is 0. The molecule has 0 fully saturated rings. The fraction of sp³-hybridized carbons (Fsp3) is 0.536. The highest BCUT2D eigenvalue weighted by Gasteiger charge is 2.19. The number of benzene rings is 2. The number of non-ortho nitro benzene ring substituents is 1. The van der Waals surface area contributed by atoms with Crippen molar-refractivity contribution in [3.05, 3.63) is 74.3 Å². The van der Waals surface area contributed by atoms with Crippen LogP contribution >= 0.6 is 0 Å². The van der Waals surface area contributed by atoms with Crippen molar-refractivity contribution < 1.29 is 47.8 Å². The quantitative estimate of drug-likeness (QED) is 0.0883. The van der Waals surface area contributed by atoms with E-state index in [-0.39, 0.29) is 36.8 Å². The summed E-state index contributed by atoms with van der Waals surface area (Å²) in [4.78, 5) is 32.2. The third kappa shape index (κ3) is 17.3. The fourth-order valence-corrected chi connectivity index (χ4v) is 3.39. The first-order valence-corrected chi connectivity index (χ1v) is 14.0. The Morgan fingerprint density at radius 3 is 1.64 bits per heavy atom. The predicted octanol–water partition coefficient (Wildman–Crippen LogP) is 2.94. The molecular formula is C28H40N4O12. The number of anilines is 1. The van der Waals surface area contributed by atoms with Gasteiger partial charge in [0, 0.05) is 19.2 Å². The van der Waals surface area contributed by atoms with Gasteiger partial charge in [-0.15, -0.1) is 0 Å². The Kier molecular flexibility index (Phi) is 19.4. The fourth-order valence-electron chi connectivity index (χ4n) is 3.39. The Hall–Kier alpha value is -3.93. The Balaban J connectivity index is 1.27. The van der Waals surface area contributed by atoms with Gasteiger partial charge in [-0.2, -0.15) is 0 Å². The molecule has 0 aromatic heterocycles.